The summed E-state index contributed by atoms with van der Waals surface area (Å²) in [6.07, 6.45) is 26.4. The molecule has 0 saturated carbocycles. The van der Waals surface area contributed by atoms with Crippen molar-refractivity contribution in [1.29, 1.82) is 0 Å². The molecular weight excluding hydrogens is 475 g/mol. The maximum Gasteiger partial charge on any atom is 0.585 e. The van der Waals surface area contributed by atoms with E-state index in [1.807, 2.05) is 6.92 Å². The van der Waals surface area contributed by atoms with Gasteiger partial charge in [0, 0.05) is 19.0 Å². The fourth-order valence-electron chi connectivity index (χ4n) is 4.18. The third-order valence-electron chi connectivity index (χ3n) is 6.40. The zero-order valence-corrected chi connectivity index (χ0v) is 25.5. The second kappa shape index (κ2) is 30.6. The zero-order valence-electron chi connectivity index (χ0n) is 23.7. The second-order valence-corrected chi connectivity index (χ2v) is 13.1. The lowest BCUT2D eigenvalue weighted by molar-refractivity contribution is -0.0373. The van der Waals surface area contributed by atoms with Crippen LogP contribution >= 0.6 is 18.6 Å². The quantitative estimate of drug-likeness (QED) is 0.0676. The van der Waals surface area contributed by atoms with Crippen LogP contribution in [0.1, 0.15) is 149 Å². The van der Waals surface area contributed by atoms with Crippen molar-refractivity contribution in [2.45, 2.75) is 155 Å². The smallest absolute Gasteiger partial charge is 0.379 e. The number of hydrogen-bond acceptors (Lipinski definition) is 5. The topological polar surface area (TPSA) is 44.8 Å². The van der Waals surface area contributed by atoms with Crippen LogP contribution in [0.15, 0.2) is 0 Å². The minimum Gasteiger partial charge on any atom is -0.379 e. The molecule has 0 bridgehead atoms. The number of rotatable bonds is 30. The first kappa shape index (κ1) is 35.3. The van der Waals surface area contributed by atoms with E-state index in [-0.39, 0.29) is 6.10 Å². The molecule has 2 unspecified atom stereocenters. The summed E-state index contributed by atoms with van der Waals surface area (Å²) in [7, 11) is -1.65. The summed E-state index contributed by atoms with van der Waals surface area (Å²) in [5.74, 6) is 0.800. The highest BCUT2D eigenvalue weighted by molar-refractivity contribution is 8.50. The van der Waals surface area contributed by atoms with Crippen molar-refractivity contribution >= 4 is 18.6 Å². The largest absolute Gasteiger partial charge is 0.585 e. The van der Waals surface area contributed by atoms with Gasteiger partial charge in [-0.05, 0) is 17.4 Å². The number of ether oxygens (including phenoxy) is 2. The van der Waals surface area contributed by atoms with Crippen molar-refractivity contribution in [3.8, 4) is 0 Å². The molecule has 2 atom stereocenters. The van der Waals surface area contributed by atoms with Crippen molar-refractivity contribution in [3.63, 3.8) is 0 Å². The fraction of sp³-hybridized carbons (Fsp3) is 1.00. The van der Waals surface area contributed by atoms with Crippen LogP contribution in [-0.2, 0) is 18.6 Å². The Morgan fingerprint density at radius 2 is 1.00 bits per heavy atom. The molecule has 0 aromatic heterocycles. The Bertz CT molecular complexity index is 425. The van der Waals surface area contributed by atoms with Gasteiger partial charge in [-0.25, -0.2) is 0 Å². The first-order chi connectivity index (χ1) is 17.2. The lowest BCUT2D eigenvalue weighted by atomic mass is 10.1. The standard InChI is InChI=1S/C29H60O4PS/c1-4-7-9-11-13-15-17-19-21-23-25-31-27-29(28-33-34(30)35-6-3)32-26-24-22-20-18-16-14-12-10-8-5-2/h29H,4-28H2,1-3H3/q+1. The van der Waals surface area contributed by atoms with Gasteiger partial charge in [-0.15, -0.1) is 4.52 Å². The average Bonchev–Trinajstić information content (AvgIpc) is 2.86. The molecule has 0 fully saturated rings. The Hall–Kier alpha value is 0.330. The Morgan fingerprint density at radius 1 is 0.571 bits per heavy atom. The highest BCUT2D eigenvalue weighted by Crippen LogP contribution is 2.38. The van der Waals surface area contributed by atoms with Crippen LogP contribution in [-0.4, -0.2) is 38.3 Å². The molecular formula is C29H60O4PS+. The van der Waals surface area contributed by atoms with E-state index >= 15 is 0 Å². The van der Waals surface area contributed by atoms with E-state index in [2.05, 4.69) is 13.8 Å². The SMILES string of the molecule is CCCCCCCCCCCCOCC(CO[P+](=O)SCC)OCCCCCCCCCCCC. The Balaban J connectivity index is 3.79. The van der Waals surface area contributed by atoms with E-state index < -0.39 is 7.23 Å². The van der Waals surface area contributed by atoms with E-state index in [0.717, 1.165) is 31.8 Å². The first-order valence-corrected chi connectivity index (χ1v) is 17.9. The molecule has 0 heterocycles. The van der Waals surface area contributed by atoms with Crippen LogP contribution < -0.4 is 0 Å². The molecule has 0 aliphatic heterocycles. The third kappa shape index (κ3) is 28.7. The van der Waals surface area contributed by atoms with Crippen LogP contribution in [0.25, 0.3) is 0 Å². The van der Waals surface area contributed by atoms with Crippen LogP contribution in [0.4, 0.5) is 0 Å². The molecule has 35 heavy (non-hydrogen) atoms. The van der Waals surface area contributed by atoms with E-state index in [0.29, 0.717) is 13.2 Å². The molecule has 210 valence electrons. The molecule has 6 heteroatoms. The first-order valence-electron chi connectivity index (χ1n) is 15.2. The summed E-state index contributed by atoms with van der Waals surface area (Å²) in [6, 6.07) is 0. The van der Waals surface area contributed by atoms with Gasteiger partial charge in [-0.1, -0.05) is 136 Å². The molecule has 0 radical (unpaired) electrons. The zero-order chi connectivity index (χ0) is 25.7. The highest BCUT2D eigenvalue weighted by atomic mass is 32.7. The Morgan fingerprint density at radius 3 is 1.46 bits per heavy atom. The molecule has 0 amide bonds. The predicted molar refractivity (Wildman–Crippen MR) is 156 cm³/mol. The van der Waals surface area contributed by atoms with Crippen LogP contribution in [0, 0.1) is 0 Å². The van der Waals surface area contributed by atoms with Gasteiger partial charge in [0.25, 0.3) is 0 Å². The van der Waals surface area contributed by atoms with Crippen molar-refractivity contribution in [1.82, 2.24) is 0 Å². The predicted octanol–water partition coefficient (Wildman–Crippen LogP) is 10.7. The molecule has 0 aromatic rings. The fourth-order valence-corrected chi connectivity index (χ4v) is 5.79. The average molecular weight is 536 g/mol. The van der Waals surface area contributed by atoms with Crippen LogP contribution in [0.2, 0.25) is 0 Å². The summed E-state index contributed by atoms with van der Waals surface area (Å²) >= 11 is 1.36. The summed E-state index contributed by atoms with van der Waals surface area (Å²) < 4.78 is 29.4. The highest BCUT2D eigenvalue weighted by Gasteiger charge is 2.22. The molecule has 0 N–H and O–H groups in total. The third-order valence-corrected chi connectivity index (χ3v) is 8.95. The number of hydrogen-bond donors (Lipinski definition) is 0. The minimum atomic E-state index is -1.65. The molecule has 0 saturated heterocycles. The number of unbranched alkanes of at least 4 members (excludes halogenated alkanes) is 18. The lowest BCUT2D eigenvalue weighted by Gasteiger charge is -2.16. The lowest BCUT2D eigenvalue weighted by Crippen LogP contribution is -2.25. The summed E-state index contributed by atoms with van der Waals surface area (Å²) in [6.45, 7) is 8.96. The van der Waals surface area contributed by atoms with Gasteiger partial charge in [-0.2, -0.15) is 0 Å². The Labute approximate surface area is 224 Å². The van der Waals surface area contributed by atoms with Gasteiger partial charge in [0.1, 0.15) is 12.7 Å². The van der Waals surface area contributed by atoms with E-state index in [1.165, 1.54) is 127 Å². The van der Waals surface area contributed by atoms with Crippen molar-refractivity contribution < 1.29 is 18.6 Å². The van der Waals surface area contributed by atoms with Gasteiger partial charge >= 0.3 is 7.23 Å². The van der Waals surface area contributed by atoms with E-state index in [4.69, 9.17) is 14.0 Å². The van der Waals surface area contributed by atoms with Gasteiger partial charge in [0.15, 0.2) is 11.4 Å². The minimum absolute atomic E-state index is 0.118. The maximum absolute atomic E-state index is 11.9. The molecule has 0 spiro atoms. The monoisotopic (exact) mass is 535 g/mol. The molecule has 0 rings (SSSR count). The van der Waals surface area contributed by atoms with Gasteiger partial charge in [-0.3, -0.25) is 0 Å². The van der Waals surface area contributed by atoms with Crippen molar-refractivity contribution in [3.05, 3.63) is 0 Å². The molecule has 0 aliphatic rings. The van der Waals surface area contributed by atoms with Crippen molar-refractivity contribution in [2.75, 3.05) is 32.2 Å². The second-order valence-electron chi connectivity index (χ2n) is 9.87. The maximum atomic E-state index is 11.9. The summed E-state index contributed by atoms with van der Waals surface area (Å²) in [4.78, 5) is 0. The molecule has 4 nitrogen and oxygen atoms in total. The molecule has 0 aromatic carbocycles. The van der Waals surface area contributed by atoms with Crippen molar-refractivity contribution in [2.24, 2.45) is 0 Å². The van der Waals surface area contributed by atoms with Crippen LogP contribution in [0.5, 0.6) is 0 Å². The van der Waals surface area contributed by atoms with E-state index in [9.17, 15) is 4.57 Å². The summed E-state index contributed by atoms with van der Waals surface area (Å²) in [5, 5.41) is 0. The summed E-state index contributed by atoms with van der Waals surface area (Å²) in [5.41, 5.74) is 0. The van der Waals surface area contributed by atoms with Gasteiger partial charge in [0.05, 0.1) is 6.61 Å². The Kier molecular flexibility index (Phi) is 30.8. The van der Waals surface area contributed by atoms with Crippen LogP contribution in [0.3, 0.4) is 0 Å². The molecule has 0 aliphatic carbocycles. The van der Waals surface area contributed by atoms with Gasteiger partial charge < -0.3 is 9.47 Å². The van der Waals surface area contributed by atoms with Gasteiger partial charge in [0.2, 0.25) is 0 Å². The van der Waals surface area contributed by atoms with E-state index in [1.54, 1.807) is 0 Å². The normalized spacial score (nSPS) is 12.8.